The Morgan fingerprint density at radius 2 is 1.80 bits per heavy atom. The van der Waals surface area contributed by atoms with Gasteiger partial charge in [0.25, 0.3) is 0 Å². The third-order valence-corrected chi connectivity index (χ3v) is 3.56. The Morgan fingerprint density at radius 1 is 1.20 bits per heavy atom. The van der Waals surface area contributed by atoms with E-state index in [1.165, 1.54) is 0 Å². The maximum atomic E-state index is 11.8. The van der Waals surface area contributed by atoms with Crippen molar-refractivity contribution in [3.8, 4) is 0 Å². The van der Waals surface area contributed by atoms with E-state index in [-0.39, 0.29) is 12.3 Å². The van der Waals surface area contributed by atoms with Crippen molar-refractivity contribution < 1.29 is 19.4 Å². The second kappa shape index (κ2) is 9.72. The van der Waals surface area contributed by atoms with Gasteiger partial charge in [-0.1, -0.05) is 13.8 Å². The van der Waals surface area contributed by atoms with Gasteiger partial charge in [-0.2, -0.15) is 0 Å². The zero-order valence-corrected chi connectivity index (χ0v) is 13.1. The van der Waals surface area contributed by atoms with Gasteiger partial charge in [-0.3, -0.25) is 9.59 Å². The number of carboxylic acids is 1. The predicted molar refractivity (Wildman–Crippen MR) is 77.7 cm³/mol. The molecule has 0 aromatic carbocycles. The van der Waals surface area contributed by atoms with Crippen molar-refractivity contribution in [1.82, 2.24) is 10.2 Å². The molecule has 0 spiro atoms. The summed E-state index contributed by atoms with van der Waals surface area (Å²) in [6, 6.07) is 0. The van der Waals surface area contributed by atoms with Crippen molar-refractivity contribution in [2.24, 2.45) is 5.41 Å². The monoisotopic (exact) mass is 288 g/mol. The van der Waals surface area contributed by atoms with Crippen LogP contribution in [0, 0.1) is 5.41 Å². The third kappa shape index (κ3) is 6.86. The fourth-order valence-electron chi connectivity index (χ4n) is 1.86. The second-order valence-electron chi connectivity index (χ2n) is 5.23. The van der Waals surface area contributed by atoms with Gasteiger partial charge in [-0.25, -0.2) is 0 Å². The lowest BCUT2D eigenvalue weighted by Crippen LogP contribution is -2.38. The molecular formula is C14H28N2O4. The number of hydrogen-bond acceptors (Lipinski definition) is 4. The minimum Gasteiger partial charge on any atom is -0.481 e. The fourth-order valence-corrected chi connectivity index (χ4v) is 1.86. The Bertz CT molecular complexity index is 302. The lowest BCUT2D eigenvalue weighted by molar-refractivity contribution is -0.152. The van der Waals surface area contributed by atoms with Crippen molar-refractivity contribution >= 4 is 11.9 Å². The molecule has 0 aromatic rings. The number of nitrogens with one attached hydrogen (secondary N) is 1. The number of nitrogens with zero attached hydrogens (tertiary/aromatic N) is 1. The molecule has 0 rings (SSSR count). The van der Waals surface area contributed by atoms with Crippen LogP contribution in [-0.4, -0.2) is 62.3 Å². The van der Waals surface area contributed by atoms with Crippen LogP contribution in [0.5, 0.6) is 0 Å². The summed E-state index contributed by atoms with van der Waals surface area (Å²) in [5, 5.41) is 12.0. The minimum absolute atomic E-state index is 0.0209. The summed E-state index contributed by atoms with van der Waals surface area (Å²) in [5.74, 6) is -1.13. The zero-order chi connectivity index (χ0) is 15.6. The van der Waals surface area contributed by atoms with E-state index in [4.69, 9.17) is 4.74 Å². The van der Waals surface area contributed by atoms with Crippen molar-refractivity contribution in [3.05, 3.63) is 0 Å². The smallest absolute Gasteiger partial charge is 0.310 e. The Balaban J connectivity index is 3.95. The third-order valence-electron chi connectivity index (χ3n) is 3.56. The van der Waals surface area contributed by atoms with Gasteiger partial charge in [0.15, 0.2) is 0 Å². The van der Waals surface area contributed by atoms with Crippen LogP contribution >= 0.6 is 0 Å². The molecule has 0 saturated heterocycles. The number of likely N-dealkylation sites (N-methyl/N-ethyl adjacent to an activating group) is 1. The van der Waals surface area contributed by atoms with E-state index in [2.05, 4.69) is 5.32 Å². The number of rotatable bonds is 11. The normalized spacial score (nSPS) is 11.7. The Labute approximate surface area is 121 Å². The Morgan fingerprint density at radius 3 is 2.25 bits per heavy atom. The van der Waals surface area contributed by atoms with E-state index in [9.17, 15) is 14.7 Å². The van der Waals surface area contributed by atoms with Gasteiger partial charge in [-0.15, -0.1) is 0 Å². The standard InChI is InChI=1S/C14H28N2O4/c1-5-14(6-2,13(18)19)11-12(17)15-7-9-20-10-8-16(3)4/h5-11H2,1-4H3,(H,15,17)(H,18,19). The highest BCUT2D eigenvalue weighted by Crippen LogP contribution is 2.30. The molecule has 6 nitrogen and oxygen atoms in total. The van der Waals surface area contributed by atoms with Gasteiger partial charge in [0, 0.05) is 19.5 Å². The SMILES string of the molecule is CCC(CC)(CC(=O)NCCOCCN(C)C)C(=O)O. The Kier molecular flexibility index (Phi) is 9.16. The summed E-state index contributed by atoms with van der Waals surface area (Å²) in [7, 11) is 3.93. The van der Waals surface area contributed by atoms with Crippen molar-refractivity contribution in [2.45, 2.75) is 33.1 Å². The van der Waals surface area contributed by atoms with Crippen molar-refractivity contribution in [2.75, 3.05) is 40.4 Å². The minimum atomic E-state index is -0.949. The van der Waals surface area contributed by atoms with Gasteiger partial charge in [0.05, 0.1) is 18.6 Å². The fraction of sp³-hybridized carbons (Fsp3) is 0.857. The average Bonchev–Trinajstić information content (AvgIpc) is 2.39. The highest BCUT2D eigenvalue weighted by Gasteiger charge is 2.36. The molecule has 0 atom stereocenters. The first-order valence-corrected chi connectivity index (χ1v) is 7.10. The van der Waals surface area contributed by atoms with Crippen LogP contribution in [0.3, 0.4) is 0 Å². The number of aliphatic carboxylic acids is 1. The molecule has 20 heavy (non-hydrogen) atoms. The van der Waals surface area contributed by atoms with Gasteiger partial charge in [-0.05, 0) is 26.9 Å². The summed E-state index contributed by atoms with van der Waals surface area (Å²) in [6.45, 7) is 5.91. The van der Waals surface area contributed by atoms with Gasteiger partial charge < -0.3 is 20.1 Å². The van der Waals surface area contributed by atoms with Crippen LogP contribution in [0.2, 0.25) is 0 Å². The first-order valence-electron chi connectivity index (χ1n) is 7.10. The maximum Gasteiger partial charge on any atom is 0.310 e. The summed E-state index contributed by atoms with van der Waals surface area (Å²) in [6.07, 6.45) is 0.921. The van der Waals surface area contributed by atoms with Crippen LogP contribution < -0.4 is 5.32 Å². The number of carbonyl (C=O) groups excluding carboxylic acids is 1. The lowest BCUT2D eigenvalue weighted by Gasteiger charge is -2.25. The summed E-state index contributed by atoms with van der Waals surface area (Å²) in [4.78, 5) is 25.1. The summed E-state index contributed by atoms with van der Waals surface area (Å²) < 4.78 is 5.35. The second-order valence-corrected chi connectivity index (χ2v) is 5.23. The van der Waals surface area contributed by atoms with Crippen LogP contribution in [0.1, 0.15) is 33.1 Å². The first-order chi connectivity index (χ1) is 9.38. The van der Waals surface area contributed by atoms with E-state index in [1.54, 1.807) is 13.8 Å². The average molecular weight is 288 g/mol. The van der Waals surface area contributed by atoms with Crippen LogP contribution in [0.4, 0.5) is 0 Å². The summed E-state index contributed by atoms with van der Waals surface area (Å²) >= 11 is 0. The van der Waals surface area contributed by atoms with E-state index in [1.807, 2.05) is 19.0 Å². The van der Waals surface area contributed by atoms with Gasteiger partial charge in [0.2, 0.25) is 5.91 Å². The molecular weight excluding hydrogens is 260 g/mol. The number of carbonyl (C=O) groups is 2. The molecule has 0 aromatic heterocycles. The highest BCUT2D eigenvalue weighted by atomic mass is 16.5. The van der Waals surface area contributed by atoms with E-state index in [0.717, 1.165) is 6.54 Å². The Hall–Kier alpha value is -1.14. The molecule has 0 aliphatic heterocycles. The summed E-state index contributed by atoms with van der Waals surface area (Å²) in [5.41, 5.74) is -0.949. The molecule has 2 N–H and O–H groups in total. The molecule has 0 unspecified atom stereocenters. The molecule has 1 amide bonds. The molecule has 0 aliphatic carbocycles. The lowest BCUT2D eigenvalue weighted by atomic mass is 9.79. The number of carboxylic acid groups (broad SMARTS) is 1. The first kappa shape index (κ1) is 18.9. The quantitative estimate of drug-likeness (QED) is 0.554. The number of hydrogen-bond donors (Lipinski definition) is 2. The van der Waals surface area contributed by atoms with Gasteiger partial charge >= 0.3 is 5.97 Å². The molecule has 0 fully saturated rings. The number of ether oxygens (including phenoxy) is 1. The molecule has 0 heterocycles. The van der Waals surface area contributed by atoms with Crippen LogP contribution in [-0.2, 0) is 14.3 Å². The molecule has 0 saturated carbocycles. The van der Waals surface area contributed by atoms with E-state index >= 15 is 0 Å². The molecule has 0 aliphatic rings. The van der Waals surface area contributed by atoms with Gasteiger partial charge in [0.1, 0.15) is 0 Å². The van der Waals surface area contributed by atoms with Crippen LogP contribution in [0.25, 0.3) is 0 Å². The number of amides is 1. The largest absolute Gasteiger partial charge is 0.481 e. The topological polar surface area (TPSA) is 78.9 Å². The molecule has 118 valence electrons. The van der Waals surface area contributed by atoms with Crippen molar-refractivity contribution in [3.63, 3.8) is 0 Å². The highest BCUT2D eigenvalue weighted by molar-refractivity contribution is 5.84. The molecule has 6 heteroatoms. The van der Waals surface area contributed by atoms with E-state index < -0.39 is 11.4 Å². The molecule has 0 bridgehead atoms. The van der Waals surface area contributed by atoms with Crippen LogP contribution in [0.15, 0.2) is 0 Å². The van der Waals surface area contributed by atoms with E-state index in [0.29, 0.717) is 32.6 Å². The predicted octanol–water partition coefficient (Wildman–Crippen LogP) is 0.962. The molecule has 0 radical (unpaired) electrons. The zero-order valence-electron chi connectivity index (χ0n) is 13.1. The van der Waals surface area contributed by atoms with Crippen molar-refractivity contribution in [1.29, 1.82) is 0 Å². The maximum absolute atomic E-state index is 11.8.